The molecule has 17 heavy (non-hydrogen) atoms. The van der Waals surface area contributed by atoms with Crippen LogP contribution in [0.15, 0.2) is 5.10 Å². The SMILES string of the molecule is N#CC1(NC(=O)CSC(N)=NN)CCCCC1. The second kappa shape index (κ2) is 6.35. The van der Waals surface area contributed by atoms with Crippen LogP contribution in [0.5, 0.6) is 0 Å². The Morgan fingerprint density at radius 1 is 1.47 bits per heavy atom. The van der Waals surface area contributed by atoms with E-state index in [-0.39, 0.29) is 16.8 Å². The zero-order valence-electron chi connectivity index (χ0n) is 9.61. The minimum absolute atomic E-state index is 0.135. The fourth-order valence-electron chi connectivity index (χ4n) is 1.90. The highest BCUT2D eigenvalue weighted by atomic mass is 32.2. The number of amides is 1. The van der Waals surface area contributed by atoms with Gasteiger partial charge in [0.15, 0.2) is 5.17 Å². The van der Waals surface area contributed by atoms with Gasteiger partial charge >= 0.3 is 0 Å². The summed E-state index contributed by atoms with van der Waals surface area (Å²) in [4.78, 5) is 11.7. The smallest absolute Gasteiger partial charge is 0.231 e. The summed E-state index contributed by atoms with van der Waals surface area (Å²) in [5.74, 6) is 4.88. The van der Waals surface area contributed by atoms with Crippen molar-refractivity contribution in [2.24, 2.45) is 16.7 Å². The number of nitrogens with one attached hydrogen (secondary N) is 1. The Bertz CT molecular complexity index is 343. The predicted octanol–water partition coefficient (Wildman–Crippen LogP) is 0.251. The van der Waals surface area contributed by atoms with E-state index in [0.717, 1.165) is 43.9 Å². The second-order valence-electron chi connectivity index (χ2n) is 4.06. The first-order valence-corrected chi connectivity index (χ1v) is 6.49. The average molecular weight is 255 g/mol. The van der Waals surface area contributed by atoms with E-state index in [9.17, 15) is 10.1 Å². The lowest BCUT2D eigenvalue weighted by Crippen LogP contribution is -2.49. The number of hydrogen-bond acceptors (Lipinski definition) is 5. The molecule has 0 unspecified atom stereocenters. The van der Waals surface area contributed by atoms with E-state index in [1.165, 1.54) is 0 Å². The number of nitrogens with two attached hydrogens (primary N) is 2. The number of nitriles is 1. The lowest BCUT2D eigenvalue weighted by Gasteiger charge is -2.31. The molecule has 0 saturated heterocycles. The highest BCUT2D eigenvalue weighted by molar-refractivity contribution is 8.14. The number of nitrogens with zero attached hydrogens (tertiary/aromatic N) is 2. The van der Waals surface area contributed by atoms with Gasteiger partial charge in [0.2, 0.25) is 5.91 Å². The van der Waals surface area contributed by atoms with Crippen LogP contribution in [0.3, 0.4) is 0 Å². The Labute approximate surface area is 105 Å². The van der Waals surface area contributed by atoms with Crippen LogP contribution >= 0.6 is 11.8 Å². The molecule has 0 spiro atoms. The molecule has 0 aromatic heterocycles. The number of hydrazone groups is 1. The molecular formula is C10H17N5OS. The minimum atomic E-state index is -0.690. The monoisotopic (exact) mass is 255 g/mol. The molecule has 0 atom stereocenters. The van der Waals surface area contributed by atoms with Gasteiger partial charge in [0.1, 0.15) is 5.54 Å². The maximum Gasteiger partial charge on any atom is 0.231 e. The Kier molecular flexibility index (Phi) is 5.10. The Morgan fingerprint density at radius 2 is 2.12 bits per heavy atom. The lowest BCUT2D eigenvalue weighted by molar-refractivity contribution is -0.120. The van der Waals surface area contributed by atoms with Crippen molar-refractivity contribution in [3.63, 3.8) is 0 Å². The van der Waals surface area contributed by atoms with Crippen LogP contribution in [-0.2, 0) is 4.79 Å². The van der Waals surface area contributed by atoms with Crippen molar-refractivity contribution in [2.45, 2.75) is 37.6 Å². The van der Waals surface area contributed by atoms with E-state index in [0.29, 0.717) is 0 Å². The fraction of sp³-hybridized carbons (Fsp3) is 0.700. The van der Waals surface area contributed by atoms with Crippen LogP contribution in [-0.4, -0.2) is 22.4 Å². The highest BCUT2D eigenvalue weighted by Crippen LogP contribution is 2.27. The molecule has 1 fully saturated rings. The van der Waals surface area contributed by atoms with E-state index in [1.807, 2.05) is 0 Å². The Balaban J connectivity index is 2.46. The first-order chi connectivity index (χ1) is 8.12. The maximum absolute atomic E-state index is 11.7. The van der Waals surface area contributed by atoms with Gasteiger partial charge in [-0.15, -0.1) is 0 Å². The van der Waals surface area contributed by atoms with E-state index in [4.69, 9.17) is 11.6 Å². The fourth-order valence-corrected chi connectivity index (χ4v) is 2.33. The summed E-state index contributed by atoms with van der Waals surface area (Å²) in [5.41, 5.74) is 4.67. The van der Waals surface area contributed by atoms with Gasteiger partial charge in [0.05, 0.1) is 11.8 Å². The van der Waals surface area contributed by atoms with E-state index < -0.39 is 5.54 Å². The van der Waals surface area contributed by atoms with E-state index in [2.05, 4.69) is 16.5 Å². The quantitative estimate of drug-likeness (QED) is 0.289. The van der Waals surface area contributed by atoms with Crippen LogP contribution in [0.1, 0.15) is 32.1 Å². The molecule has 0 radical (unpaired) electrons. The average Bonchev–Trinajstić information content (AvgIpc) is 2.37. The van der Waals surface area contributed by atoms with E-state index in [1.54, 1.807) is 0 Å². The minimum Gasteiger partial charge on any atom is -0.377 e. The highest BCUT2D eigenvalue weighted by Gasteiger charge is 2.33. The standard InChI is InChI=1S/C10H17N5OS/c11-7-10(4-2-1-3-5-10)14-8(16)6-17-9(12)15-13/h1-6,13H2,(H2,12,15)(H,14,16). The summed E-state index contributed by atoms with van der Waals surface area (Å²) in [6.07, 6.45) is 4.53. The molecule has 1 aliphatic carbocycles. The predicted molar refractivity (Wildman–Crippen MR) is 67.8 cm³/mol. The summed E-state index contributed by atoms with van der Waals surface area (Å²) in [6, 6.07) is 2.22. The number of rotatable bonds is 3. The second-order valence-corrected chi connectivity index (χ2v) is 5.05. The molecular weight excluding hydrogens is 238 g/mol. The molecule has 0 aromatic carbocycles. The molecule has 5 N–H and O–H groups in total. The van der Waals surface area contributed by atoms with Gasteiger partial charge in [-0.25, -0.2) is 0 Å². The van der Waals surface area contributed by atoms with Crippen LogP contribution in [0.4, 0.5) is 0 Å². The molecule has 0 heterocycles. The van der Waals surface area contributed by atoms with Crippen molar-refractivity contribution in [3.05, 3.63) is 0 Å². The van der Waals surface area contributed by atoms with Crippen molar-refractivity contribution < 1.29 is 4.79 Å². The third-order valence-corrected chi connectivity index (χ3v) is 3.59. The summed E-state index contributed by atoms with van der Waals surface area (Å²) in [5, 5.41) is 15.4. The molecule has 6 nitrogen and oxygen atoms in total. The maximum atomic E-state index is 11.7. The molecule has 1 rings (SSSR count). The van der Waals surface area contributed by atoms with Crippen LogP contribution in [0, 0.1) is 11.3 Å². The first-order valence-electron chi connectivity index (χ1n) is 5.50. The first kappa shape index (κ1) is 13.6. The van der Waals surface area contributed by atoms with Crippen LogP contribution in [0.2, 0.25) is 0 Å². The largest absolute Gasteiger partial charge is 0.377 e. The van der Waals surface area contributed by atoms with Crippen molar-refractivity contribution in [1.82, 2.24) is 5.32 Å². The molecule has 7 heteroatoms. The van der Waals surface area contributed by atoms with Gasteiger partial charge in [-0.05, 0) is 12.8 Å². The van der Waals surface area contributed by atoms with Gasteiger partial charge in [-0.3, -0.25) is 4.79 Å². The third kappa shape index (κ3) is 4.15. The van der Waals surface area contributed by atoms with Gasteiger partial charge in [-0.1, -0.05) is 31.0 Å². The van der Waals surface area contributed by atoms with Gasteiger partial charge in [0.25, 0.3) is 0 Å². The summed E-state index contributed by atoms with van der Waals surface area (Å²) >= 11 is 1.06. The molecule has 0 bridgehead atoms. The Morgan fingerprint density at radius 3 is 2.65 bits per heavy atom. The van der Waals surface area contributed by atoms with Crippen LogP contribution in [0.25, 0.3) is 0 Å². The number of amidine groups is 1. The third-order valence-electron chi connectivity index (χ3n) is 2.78. The van der Waals surface area contributed by atoms with Gasteiger partial charge in [-0.2, -0.15) is 10.4 Å². The molecule has 94 valence electrons. The Hall–Kier alpha value is -1.42. The molecule has 1 amide bonds. The number of carbonyl (C=O) groups is 1. The molecule has 0 aromatic rings. The summed E-state index contributed by atoms with van der Waals surface area (Å²) < 4.78 is 0. The van der Waals surface area contributed by atoms with Crippen molar-refractivity contribution >= 4 is 22.8 Å². The summed E-state index contributed by atoms with van der Waals surface area (Å²) in [7, 11) is 0. The van der Waals surface area contributed by atoms with Crippen molar-refractivity contribution in [1.29, 1.82) is 5.26 Å². The summed E-state index contributed by atoms with van der Waals surface area (Å²) in [6.45, 7) is 0. The van der Waals surface area contributed by atoms with Gasteiger partial charge in [0, 0.05) is 0 Å². The van der Waals surface area contributed by atoms with E-state index >= 15 is 0 Å². The lowest BCUT2D eigenvalue weighted by atomic mass is 9.83. The zero-order valence-corrected chi connectivity index (χ0v) is 10.4. The van der Waals surface area contributed by atoms with Crippen molar-refractivity contribution in [3.8, 4) is 6.07 Å². The van der Waals surface area contributed by atoms with Crippen LogP contribution < -0.4 is 16.9 Å². The number of thioether (sulfide) groups is 1. The normalized spacial score (nSPS) is 19.4. The van der Waals surface area contributed by atoms with Crippen molar-refractivity contribution in [2.75, 3.05) is 5.75 Å². The zero-order chi connectivity index (χ0) is 12.7. The number of carbonyl (C=O) groups excluding carboxylic acids is 1. The molecule has 1 aliphatic rings. The molecule has 1 saturated carbocycles. The molecule has 0 aliphatic heterocycles. The van der Waals surface area contributed by atoms with Gasteiger partial charge < -0.3 is 16.9 Å². The number of hydrogen-bond donors (Lipinski definition) is 3. The topological polar surface area (TPSA) is 117 Å².